The second-order valence-electron chi connectivity index (χ2n) is 10.8. The summed E-state index contributed by atoms with van der Waals surface area (Å²) in [4.78, 5) is 0. The van der Waals surface area contributed by atoms with E-state index in [0.717, 1.165) is 25.7 Å². The Balaban J connectivity index is 1.39. The summed E-state index contributed by atoms with van der Waals surface area (Å²) in [5.74, 6) is -3.71. The maximum absolute atomic E-state index is 15.1. The molecule has 0 spiro atoms. The second kappa shape index (κ2) is 15.2. The Morgan fingerprint density at radius 2 is 1.34 bits per heavy atom. The highest BCUT2D eigenvalue weighted by molar-refractivity contribution is 5.71. The summed E-state index contributed by atoms with van der Waals surface area (Å²) in [7, 11) is 0. The van der Waals surface area contributed by atoms with Gasteiger partial charge in [-0.25, -0.2) is 13.2 Å². The van der Waals surface area contributed by atoms with E-state index in [0.29, 0.717) is 36.7 Å². The van der Waals surface area contributed by atoms with Crippen LogP contribution in [0.1, 0.15) is 83.3 Å². The maximum Gasteiger partial charge on any atom is 0.201 e. The number of hydrogen-bond acceptors (Lipinski definition) is 2. The monoisotopic (exact) mass is 568 g/mol. The molecule has 2 nitrogen and oxygen atoms in total. The summed E-state index contributed by atoms with van der Waals surface area (Å²) >= 11 is 0. The molecule has 1 heterocycles. The summed E-state index contributed by atoms with van der Waals surface area (Å²) in [5, 5.41) is 0. The lowest BCUT2D eigenvalue weighted by Gasteiger charge is -2.28. The first-order valence-corrected chi connectivity index (χ1v) is 14.9. The van der Waals surface area contributed by atoms with Gasteiger partial charge in [-0.15, -0.1) is 0 Å². The van der Waals surface area contributed by atoms with Crippen LogP contribution < -0.4 is 4.74 Å². The van der Waals surface area contributed by atoms with E-state index in [1.54, 1.807) is 36.4 Å². The molecular formula is C35H40F4O2. The zero-order chi connectivity index (χ0) is 29.2. The number of benzene rings is 3. The van der Waals surface area contributed by atoms with Gasteiger partial charge in [0.1, 0.15) is 0 Å². The molecule has 0 aliphatic carbocycles. The van der Waals surface area contributed by atoms with Crippen LogP contribution in [0.5, 0.6) is 5.75 Å². The van der Waals surface area contributed by atoms with Gasteiger partial charge < -0.3 is 9.47 Å². The van der Waals surface area contributed by atoms with Crippen molar-refractivity contribution >= 4 is 0 Å². The summed E-state index contributed by atoms with van der Waals surface area (Å²) in [6.07, 6.45) is 12.8. The molecule has 1 aliphatic rings. The summed E-state index contributed by atoms with van der Waals surface area (Å²) < 4.78 is 71.2. The SMILES string of the molecule is CC=CC1CCC(c2ccc(-c3ccc(-c4ccc(OCCCCCCCCC)c(F)c4F)cc3)c(F)c2F)OC1. The third-order valence-corrected chi connectivity index (χ3v) is 7.79. The van der Waals surface area contributed by atoms with Gasteiger partial charge in [0.2, 0.25) is 5.82 Å². The minimum absolute atomic E-state index is 0.0741. The zero-order valence-corrected chi connectivity index (χ0v) is 24.0. The van der Waals surface area contributed by atoms with Crippen molar-refractivity contribution in [3.8, 4) is 28.0 Å². The van der Waals surface area contributed by atoms with Gasteiger partial charge in [-0.1, -0.05) is 94.0 Å². The topological polar surface area (TPSA) is 18.5 Å². The fourth-order valence-corrected chi connectivity index (χ4v) is 5.41. The lowest BCUT2D eigenvalue weighted by Crippen LogP contribution is -2.20. The smallest absolute Gasteiger partial charge is 0.201 e. The molecule has 3 aromatic rings. The first-order chi connectivity index (χ1) is 19.9. The summed E-state index contributed by atoms with van der Waals surface area (Å²) in [5.41, 5.74) is 1.25. The van der Waals surface area contributed by atoms with E-state index in [1.165, 1.54) is 37.8 Å². The largest absolute Gasteiger partial charge is 0.490 e. The predicted molar refractivity (Wildman–Crippen MR) is 157 cm³/mol. The Labute approximate surface area is 241 Å². The van der Waals surface area contributed by atoms with E-state index in [2.05, 4.69) is 13.0 Å². The molecule has 1 fully saturated rings. The Hall–Kier alpha value is -3.12. The van der Waals surface area contributed by atoms with Crippen molar-refractivity contribution in [2.24, 2.45) is 5.92 Å². The normalized spacial score (nSPS) is 17.3. The number of allylic oxidation sites excluding steroid dienone is 1. The molecule has 41 heavy (non-hydrogen) atoms. The average molecular weight is 569 g/mol. The van der Waals surface area contributed by atoms with Gasteiger partial charge in [0.25, 0.3) is 0 Å². The van der Waals surface area contributed by atoms with Gasteiger partial charge in [0, 0.05) is 22.6 Å². The van der Waals surface area contributed by atoms with Gasteiger partial charge in [-0.05, 0) is 49.4 Å². The molecule has 0 bridgehead atoms. The molecule has 2 atom stereocenters. The van der Waals surface area contributed by atoms with Gasteiger partial charge >= 0.3 is 0 Å². The molecule has 6 heteroatoms. The molecule has 0 radical (unpaired) electrons. The van der Waals surface area contributed by atoms with Gasteiger partial charge in [0.15, 0.2) is 23.2 Å². The average Bonchev–Trinajstić information content (AvgIpc) is 2.99. The number of unbranched alkanes of at least 4 members (excludes halogenated alkanes) is 6. The van der Waals surface area contributed by atoms with Crippen LogP contribution in [0.2, 0.25) is 0 Å². The van der Waals surface area contributed by atoms with Gasteiger partial charge in [-0.3, -0.25) is 0 Å². The van der Waals surface area contributed by atoms with Crippen LogP contribution in [-0.4, -0.2) is 13.2 Å². The standard InChI is InChI=1S/C35H40F4O2/c1-3-5-6-7-8-9-10-22-40-31-21-19-28(33(37)35(31)39)26-15-13-25(14-16-26)27-17-18-29(34(38)32(27)36)30-20-12-24(11-4-2)23-41-30/h4,11,13-19,21,24,30H,3,5-10,12,20,22-23H2,1-2H3. The first kappa shape index (κ1) is 30.8. The lowest BCUT2D eigenvalue weighted by atomic mass is 9.92. The zero-order valence-electron chi connectivity index (χ0n) is 24.0. The van der Waals surface area contributed by atoms with Crippen molar-refractivity contribution < 1.29 is 27.0 Å². The summed E-state index contributed by atoms with van der Waals surface area (Å²) in [6.45, 7) is 4.94. The van der Waals surface area contributed by atoms with Crippen LogP contribution in [0.3, 0.4) is 0 Å². The first-order valence-electron chi connectivity index (χ1n) is 14.9. The minimum Gasteiger partial charge on any atom is -0.490 e. The molecule has 0 amide bonds. The molecular weight excluding hydrogens is 528 g/mol. The van der Waals surface area contributed by atoms with Crippen LogP contribution >= 0.6 is 0 Å². The van der Waals surface area contributed by atoms with E-state index < -0.39 is 29.4 Å². The molecule has 2 unspecified atom stereocenters. The van der Waals surface area contributed by atoms with E-state index in [9.17, 15) is 8.78 Å². The van der Waals surface area contributed by atoms with Crippen LogP contribution in [-0.2, 0) is 4.74 Å². The third-order valence-electron chi connectivity index (χ3n) is 7.79. The fraction of sp³-hybridized carbons (Fsp3) is 0.429. The molecule has 1 aliphatic heterocycles. The predicted octanol–water partition coefficient (Wildman–Crippen LogP) is 10.8. The molecule has 4 rings (SSSR count). The third kappa shape index (κ3) is 7.79. The fourth-order valence-electron chi connectivity index (χ4n) is 5.41. The Morgan fingerprint density at radius 3 is 1.95 bits per heavy atom. The number of rotatable bonds is 13. The quantitative estimate of drug-likeness (QED) is 0.116. The van der Waals surface area contributed by atoms with Crippen molar-refractivity contribution in [1.82, 2.24) is 0 Å². The van der Waals surface area contributed by atoms with Crippen LogP contribution in [0.4, 0.5) is 17.6 Å². The molecule has 0 N–H and O–H groups in total. The molecule has 220 valence electrons. The van der Waals surface area contributed by atoms with E-state index in [1.807, 2.05) is 13.0 Å². The van der Waals surface area contributed by atoms with Crippen molar-refractivity contribution in [2.45, 2.75) is 77.7 Å². The highest BCUT2D eigenvalue weighted by atomic mass is 19.2. The van der Waals surface area contributed by atoms with Crippen molar-refractivity contribution in [1.29, 1.82) is 0 Å². The van der Waals surface area contributed by atoms with E-state index in [4.69, 9.17) is 9.47 Å². The molecule has 3 aromatic carbocycles. The maximum atomic E-state index is 15.1. The van der Waals surface area contributed by atoms with Gasteiger partial charge in [0.05, 0.1) is 19.3 Å². The highest BCUT2D eigenvalue weighted by Crippen LogP contribution is 2.37. The van der Waals surface area contributed by atoms with Crippen molar-refractivity contribution in [3.63, 3.8) is 0 Å². The molecule has 0 aromatic heterocycles. The Morgan fingerprint density at radius 1 is 0.732 bits per heavy atom. The Kier molecular flexibility index (Phi) is 11.4. The highest BCUT2D eigenvalue weighted by Gasteiger charge is 2.26. The summed E-state index contributed by atoms with van der Waals surface area (Å²) in [6, 6.07) is 12.3. The van der Waals surface area contributed by atoms with Gasteiger partial charge in [-0.2, -0.15) is 4.39 Å². The van der Waals surface area contributed by atoms with Crippen LogP contribution in [0.15, 0.2) is 60.7 Å². The van der Waals surface area contributed by atoms with E-state index in [-0.39, 0.29) is 22.4 Å². The lowest BCUT2D eigenvalue weighted by molar-refractivity contribution is -0.00743. The number of halogens is 4. The van der Waals surface area contributed by atoms with Crippen molar-refractivity contribution in [2.75, 3.05) is 13.2 Å². The molecule has 1 saturated heterocycles. The minimum atomic E-state index is -1.03. The molecule has 0 saturated carbocycles. The second-order valence-corrected chi connectivity index (χ2v) is 10.8. The number of hydrogen-bond donors (Lipinski definition) is 0. The van der Waals surface area contributed by atoms with E-state index >= 15 is 8.78 Å². The van der Waals surface area contributed by atoms with Crippen molar-refractivity contribution in [3.05, 3.63) is 89.5 Å². The van der Waals surface area contributed by atoms with Crippen LogP contribution in [0, 0.1) is 29.2 Å². The number of ether oxygens (including phenoxy) is 2. The Bertz CT molecular complexity index is 1290. The van der Waals surface area contributed by atoms with Crippen LogP contribution in [0.25, 0.3) is 22.3 Å².